The monoisotopic (exact) mass is 792 g/mol. The molecule has 1 unspecified atom stereocenters. The molecule has 2 fully saturated rings. The van der Waals surface area contributed by atoms with Crippen molar-refractivity contribution in [2.24, 2.45) is 11.8 Å². The summed E-state index contributed by atoms with van der Waals surface area (Å²) in [6, 6.07) is 14.3. The number of aromatic amines is 2. The van der Waals surface area contributed by atoms with E-state index in [-0.39, 0.29) is 35.7 Å². The standard InChI is InChI=1S/C44H56N8O6/c1-27(2)23-33(49-43(55)57-5)41(53)51-21-7-9-37(51)39-45-25-35(47-39)31-17-13-29(14-18-31)11-12-30-15-19-32(20-16-30)36-26-46-40(48-36)38-10-8-22-52(38)42(54)34(24-28(3)4)50-44(56)58-6/h13-20,25-28,33-34,37-38,43,49,55H,7-10,21-24H2,1-6H3,(H,45,47)(H,46,48)(H,50,56)/t33-,34-,37-,38-,43?/m0/s1. The zero-order valence-corrected chi connectivity index (χ0v) is 34.2. The summed E-state index contributed by atoms with van der Waals surface area (Å²) in [5.41, 5.74) is 5.36. The molecule has 2 aromatic heterocycles. The number of H-pyrrole nitrogens is 2. The van der Waals surface area contributed by atoms with E-state index in [0.29, 0.717) is 25.9 Å². The van der Waals surface area contributed by atoms with Gasteiger partial charge in [0.25, 0.3) is 0 Å². The number of nitrogens with one attached hydrogen (secondary N) is 4. The Balaban J connectivity index is 1.07. The van der Waals surface area contributed by atoms with E-state index in [1.165, 1.54) is 14.2 Å². The molecule has 4 aromatic rings. The Morgan fingerprint density at radius 3 is 1.64 bits per heavy atom. The molecule has 58 heavy (non-hydrogen) atoms. The Morgan fingerprint density at radius 1 is 0.759 bits per heavy atom. The van der Waals surface area contributed by atoms with Gasteiger partial charge in [-0.15, -0.1) is 0 Å². The van der Waals surface area contributed by atoms with Crippen LogP contribution in [0.25, 0.3) is 22.5 Å². The van der Waals surface area contributed by atoms with Crippen LogP contribution in [0.1, 0.15) is 101 Å². The van der Waals surface area contributed by atoms with Crippen LogP contribution >= 0.6 is 0 Å². The number of likely N-dealkylation sites (tertiary alicyclic amines) is 2. The van der Waals surface area contributed by atoms with Crippen molar-refractivity contribution in [3.8, 4) is 34.4 Å². The summed E-state index contributed by atoms with van der Waals surface area (Å²) in [7, 11) is 2.69. The second-order valence-electron chi connectivity index (χ2n) is 15.9. The van der Waals surface area contributed by atoms with E-state index in [9.17, 15) is 19.5 Å². The molecule has 2 aliphatic heterocycles. The molecule has 0 aliphatic carbocycles. The highest BCUT2D eigenvalue weighted by molar-refractivity contribution is 5.86. The lowest BCUT2D eigenvalue weighted by Crippen LogP contribution is -2.50. The smallest absolute Gasteiger partial charge is 0.407 e. The van der Waals surface area contributed by atoms with Gasteiger partial charge in [0.15, 0.2) is 0 Å². The number of hydrogen-bond donors (Lipinski definition) is 5. The molecule has 0 saturated carbocycles. The Kier molecular flexibility index (Phi) is 14.0. The van der Waals surface area contributed by atoms with E-state index in [1.54, 1.807) is 12.4 Å². The number of carbonyl (C=O) groups excluding carboxylic acids is 3. The first-order valence-corrected chi connectivity index (χ1v) is 20.2. The minimum absolute atomic E-state index is 0.0672. The molecule has 0 bridgehead atoms. The Hall–Kier alpha value is -5.49. The van der Waals surface area contributed by atoms with Gasteiger partial charge in [-0.2, -0.15) is 0 Å². The summed E-state index contributed by atoms with van der Waals surface area (Å²) in [6.07, 6.45) is 6.16. The molecule has 2 aliphatic rings. The summed E-state index contributed by atoms with van der Waals surface area (Å²) < 4.78 is 9.75. The maximum absolute atomic E-state index is 13.6. The third-order valence-corrected chi connectivity index (χ3v) is 10.7. The van der Waals surface area contributed by atoms with Crippen LogP contribution in [0.2, 0.25) is 0 Å². The Bertz CT molecular complexity index is 2060. The predicted molar refractivity (Wildman–Crippen MR) is 220 cm³/mol. The van der Waals surface area contributed by atoms with Gasteiger partial charge in [-0.3, -0.25) is 14.9 Å². The summed E-state index contributed by atoms with van der Waals surface area (Å²) in [5.74, 6) is 8.25. The summed E-state index contributed by atoms with van der Waals surface area (Å²) in [4.78, 5) is 59.1. The zero-order chi connectivity index (χ0) is 41.3. The van der Waals surface area contributed by atoms with Crippen molar-refractivity contribution in [2.45, 2.75) is 96.8 Å². The second-order valence-corrected chi connectivity index (χ2v) is 15.9. The lowest BCUT2D eigenvalue weighted by Gasteiger charge is -2.30. The number of methoxy groups -OCH3 is 2. The number of aromatic nitrogens is 4. The average molecular weight is 793 g/mol. The minimum atomic E-state index is -1.22. The first-order valence-electron chi connectivity index (χ1n) is 20.2. The van der Waals surface area contributed by atoms with Gasteiger partial charge in [0, 0.05) is 31.3 Å². The number of rotatable bonds is 14. The van der Waals surface area contributed by atoms with Gasteiger partial charge in [-0.1, -0.05) is 63.8 Å². The number of aliphatic hydroxyl groups is 1. The molecule has 2 saturated heterocycles. The third-order valence-electron chi connectivity index (χ3n) is 10.7. The molecule has 14 heteroatoms. The molecule has 5 atom stereocenters. The number of ether oxygens (including phenoxy) is 2. The molecule has 4 heterocycles. The van der Waals surface area contributed by atoms with Crippen LogP contribution in [0.4, 0.5) is 4.79 Å². The molecule has 0 spiro atoms. The number of alkyl carbamates (subject to hydrolysis) is 1. The molecular weight excluding hydrogens is 737 g/mol. The lowest BCUT2D eigenvalue weighted by molar-refractivity contribution is -0.143. The lowest BCUT2D eigenvalue weighted by atomic mass is 10.0. The van der Waals surface area contributed by atoms with E-state index in [4.69, 9.17) is 9.47 Å². The quantitative estimate of drug-likeness (QED) is 0.0770. The van der Waals surface area contributed by atoms with Crippen LogP contribution in [-0.4, -0.2) is 98.6 Å². The number of imidazole rings is 2. The molecule has 14 nitrogen and oxygen atoms in total. The Labute approximate surface area is 340 Å². The highest BCUT2D eigenvalue weighted by atomic mass is 16.6. The highest BCUT2D eigenvalue weighted by Gasteiger charge is 2.38. The molecule has 0 radical (unpaired) electrons. The van der Waals surface area contributed by atoms with E-state index in [0.717, 1.165) is 71.0 Å². The largest absolute Gasteiger partial charge is 0.453 e. The number of carbonyl (C=O) groups is 3. The van der Waals surface area contributed by atoms with E-state index < -0.39 is 24.6 Å². The fourth-order valence-corrected chi connectivity index (χ4v) is 7.79. The van der Waals surface area contributed by atoms with Crippen LogP contribution in [0, 0.1) is 23.7 Å². The van der Waals surface area contributed by atoms with Crippen molar-refractivity contribution in [3.05, 3.63) is 83.7 Å². The molecular formula is C44H56N8O6. The maximum atomic E-state index is 13.6. The number of hydrogen-bond acceptors (Lipinski definition) is 9. The molecule has 3 amide bonds. The van der Waals surface area contributed by atoms with Crippen LogP contribution in [0.15, 0.2) is 60.9 Å². The fourth-order valence-electron chi connectivity index (χ4n) is 7.79. The van der Waals surface area contributed by atoms with Crippen molar-refractivity contribution in [2.75, 3.05) is 27.3 Å². The summed E-state index contributed by atoms with van der Waals surface area (Å²) >= 11 is 0. The topological polar surface area (TPSA) is 178 Å². The SMILES string of the molecule is COC(=O)N[C@@H](CC(C)C)C(=O)N1CCC[C@H]1c1ncc(-c2ccc(C#Cc3ccc(-c4cnc([C@@H]5CCCN5C(=O)[C@H](CC(C)C)NC(O)OC)[nH]4)cc3)cc2)[nH]1. The van der Waals surface area contributed by atoms with E-state index in [2.05, 4.69) is 42.4 Å². The first-order chi connectivity index (χ1) is 27.9. The van der Waals surface area contributed by atoms with Crippen molar-refractivity contribution in [1.29, 1.82) is 0 Å². The van der Waals surface area contributed by atoms with Crippen LogP contribution in [0.3, 0.4) is 0 Å². The van der Waals surface area contributed by atoms with E-state index >= 15 is 0 Å². The van der Waals surface area contributed by atoms with Crippen molar-refractivity contribution in [1.82, 2.24) is 40.4 Å². The first kappa shape index (κ1) is 42.1. The highest BCUT2D eigenvalue weighted by Crippen LogP contribution is 2.34. The summed E-state index contributed by atoms with van der Waals surface area (Å²) in [5, 5.41) is 15.7. The third kappa shape index (κ3) is 10.3. The fraction of sp³-hybridized carbons (Fsp3) is 0.477. The van der Waals surface area contributed by atoms with Crippen LogP contribution in [0.5, 0.6) is 0 Å². The van der Waals surface area contributed by atoms with Crippen LogP contribution < -0.4 is 10.6 Å². The van der Waals surface area contributed by atoms with Gasteiger partial charge in [0.05, 0.1) is 49.0 Å². The second kappa shape index (κ2) is 19.3. The van der Waals surface area contributed by atoms with Crippen molar-refractivity contribution >= 4 is 17.9 Å². The molecule has 2 aromatic carbocycles. The van der Waals surface area contributed by atoms with Gasteiger partial charge in [0.1, 0.15) is 17.7 Å². The maximum Gasteiger partial charge on any atom is 0.407 e. The molecule has 6 rings (SSSR count). The van der Waals surface area contributed by atoms with Gasteiger partial charge in [0.2, 0.25) is 18.2 Å². The van der Waals surface area contributed by atoms with Gasteiger partial charge in [-0.25, -0.2) is 14.8 Å². The van der Waals surface area contributed by atoms with Crippen LogP contribution in [-0.2, 0) is 19.1 Å². The molecule has 308 valence electrons. The van der Waals surface area contributed by atoms with Crippen molar-refractivity contribution in [3.63, 3.8) is 0 Å². The zero-order valence-electron chi connectivity index (χ0n) is 34.2. The predicted octanol–water partition coefficient (Wildman–Crippen LogP) is 5.89. The summed E-state index contributed by atoms with van der Waals surface area (Å²) in [6.45, 7) is 9.35. The van der Waals surface area contributed by atoms with Gasteiger partial charge in [-0.05, 0) is 85.8 Å². The number of amides is 3. The van der Waals surface area contributed by atoms with E-state index in [1.807, 2.05) is 86.0 Å². The van der Waals surface area contributed by atoms with Gasteiger partial charge >= 0.3 is 6.09 Å². The number of benzene rings is 2. The normalized spacial score (nSPS) is 18.2. The average Bonchev–Trinajstić information content (AvgIpc) is 4.06. The number of nitrogens with zero attached hydrogens (tertiary/aromatic N) is 4. The molecule has 5 N–H and O–H groups in total. The Morgan fingerprint density at radius 2 is 1.21 bits per heavy atom. The van der Waals surface area contributed by atoms with Crippen molar-refractivity contribution < 1.29 is 29.0 Å². The van der Waals surface area contributed by atoms with Gasteiger partial charge < -0.3 is 39.7 Å². The minimum Gasteiger partial charge on any atom is -0.453 e. The number of aliphatic hydroxyl groups excluding tert-OH is 1.